The van der Waals surface area contributed by atoms with Gasteiger partial charge < -0.3 is 14.7 Å². The molecule has 0 unspecified atom stereocenters. The average molecular weight is 315 g/mol. The number of benzene rings is 1. The fourth-order valence-electron chi connectivity index (χ4n) is 2.59. The molecule has 0 saturated heterocycles. The van der Waals surface area contributed by atoms with Crippen molar-refractivity contribution in [2.45, 2.75) is 13.5 Å². The fourth-order valence-corrected chi connectivity index (χ4v) is 3.24. The average Bonchev–Trinajstić information content (AvgIpc) is 3.04. The van der Waals surface area contributed by atoms with Crippen molar-refractivity contribution in [3.63, 3.8) is 0 Å². The lowest BCUT2D eigenvalue weighted by Crippen LogP contribution is -3.04. The second kappa shape index (κ2) is 5.59. The number of rotatable bonds is 3. The number of carbonyl (C=O) groups is 1. The highest BCUT2D eigenvalue weighted by Crippen LogP contribution is 2.40. The monoisotopic (exact) mass is 315 g/mol. The third kappa shape index (κ3) is 2.53. The van der Waals surface area contributed by atoms with E-state index in [1.165, 1.54) is 17.4 Å². The van der Waals surface area contributed by atoms with Crippen molar-refractivity contribution in [2.75, 3.05) is 14.1 Å². The summed E-state index contributed by atoms with van der Waals surface area (Å²) in [4.78, 5) is 14.7. The Labute approximate surface area is 133 Å². The Kier molecular flexibility index (Phi) is 3.76. The molecule has 0 atom stereocenters. The number of quaternary nitrogens is 1. The first kappa shape index (κ1) is 14.8. The first-order valence-corrected chi connectivity index (χ1v) is 7.95. The van der Waals surface area contributed by atoms with E-state index in [2.05, 4.69) is 0 Å². The summed E-state index contributed by atoms with van der Waals surface area (Å²) >= 11 is 1.54. The summed E-state index contributed by atoms with van der Waals surface area (Å²) in [5.74, 6) is 0.527. The van der Waals surface area contributed by atoms with Gasteiger partial charge in [0.15, 0.2) is 5.76 Å². The molecule has 22 heavy (non-hydrogen) atoms. The van der Waals surface area contributed by atoms with Crippen molar-refractivity contribution in [2.24, 2.45) is 0 Å². The molecule has 1 N–H and O–H groups in total. The predicted octanol–water partition coefficient (Wildman–Crippen LogP) is 1.39. The van der Waals surface area contributed by atoms with Crippen LogP contribution in [0.2, 0.25) is 0 Å². The standard InChI is InChI=1S/C17H17NO3S/c1-10-7-13(19)12(9-18(2)3)17-15(10)16(20)14(21-17)8-11-5-4-6-22-11/h4-8,19H,9H2,1-3H3. The van der Waals surface area contributed by atoms with Gasteiger partial charge in [-0.25, -0.2) is 0 Å². The molecular weight excluding hydrogens is 298 g/mol. The molecule has 0 radical (unpaired) electrons. The molecule has 0 spiro atoms. The molecule has 1 aliphatic heterocycles. The normalized spacial score (nSPS) is 15.5. The second-order valence-electron chi connectivity index (χ2n) is 5.71. The number of ketones is 1. The SMILES string of the molecule is Cc1cc([O-])c(C[NH+](C)C)c2c1C(=O)C(=Cc1cccs1)O2. The Balaban J connectivity index is 2.09. The maximum absolute atomic E-state index is 12.6. The van der Waals surface area contributed by atoms with Crippen LogP contribution in [-0.2, 0) is 6.54 Å². The minimum atomic E-state index is -0.143. The molecule has 3 rings (SSSR count). The van der Waals surface area contributed by atoms with Gasteiger partial charge in [0.2, 0.25) is 5.78 Å². The number of ether oxygens (including phenoxy) is 1. The molecule has 5 heteroatoms. The van der Waals surface area contributed by atoms with Crippen LogP contribution in [0.5, 0.6) is 11.5 Å². The molecule has 4 nitrogen and oxygen atoms in total. The van der Waals surface area contributed by atoms with Crippen LogP contribution in [0.15, 0.2) is 29.3 Å². The van der Waals surface area contributed by atoms with Crippen LogP contribution in [0.1, 0.15) is 26.4 Å². The van der Waals surface area contributed by atoms with Gasteiger partial charge in [-0.15, -0.1) is 11.3 Å². The summed E-state index contributed by atoms with van der Waals surface area (Å²) in [7, 11) is 3.93. The second-order valence-corrected chi connectivity index (χ2v) is 6.69. The summed E-state index contributed by atoms with van der Waals surface area (Å²) in [5.41, 5.74) is 1.78. The molecule has 0 amide bonds. The van der Waals surface area contributed by atoms with Gasteiger partial charge in [-0.3, -0.25) is 4.79 Å². The van der Waals surface area contributed by atoms with E-state index in [4.69, 9.17) is 4.74 Å². The van der Waals surface area contributed by atoms with Crippen LogP contribution in [0.3, 0.4) is 0 Å². The zero-order chi connectivity index (χ0) is 15.9. The number of hydrogen-bond donors (Lipinski definition) is 1. The number of Topliss-reactive ketones (excluding diaryl/α,β-unsaturated/α-hetero) is 1. The Hall–Kier alpha value is -2.11. The topological polar surface area (TPSA) is 53.8 Å². The van der Waals surface area contributed by atoms with Crippen LogP contribution in [-0.4, -0.2) is 19.9 Å². The van der Waals surface area contributed by atoms with Gasteiger partial charge in [0.25, 0.3) is 0 Å². The Morgan fingerprint density at radius 3 is 2.82 bits per heavy atom. The molecule has 1 aromatic carbocycles. The summed E-state index contributed by atoms with van der Waals surface area (Å²) in [6.07, 6.45) is 1.74. The van der Waals surface area contributed by atoms with E-state index in [1.54, 1.807) is 13.0 Å². The zero-order valence-corrected chi connectivity index (χ0v) is 13.5. The Morgan fingerprint density at radius 2 is 2.18 bits per heavy atom. The Morgan fingerprint density at radius 1 is 1.41 bits per heavy atom. The van der Waals surface area contributed by atoms with Crippen LogP contribution < -0.4 is 14.7 Å². The van der Waals surface area contributed by atoms with Gasteiger partial charge in [0.05, 0.1) is 19.7 Å². The zero-order valence-electron chi connectivity index (χ0n) is 12.7. The minimum Gasteiger partial charge on any atom is -0.872 e. The molecule has 0 saturated carbocycles. The number of hydrogen-bond acceptors (Lipinski definition) is 4. The maximum Gasteiger partial charge on any atom is 0.232 e. The number of allylic oxidation sites excluding steroid dienone is 1. The van der Waals surface area contributed by atoms with Crippen molar-refractivity contribution < 1.29 is 19.5 Å². The van der Waals surface area contributed by atoms with Crippen molar-refractivity contribution in [3.05, 3.63) is 50.9 Å². The number of nitrogens with one attached hydrogen (secondary N) is 1. The Bertz CT molecular complexity index is 761. The quantitative estimate of drug-likeness (QED) is 0.871. The highest BCUT2D eigenvalue weighted by atomic mass is 32.1. The summed E-state index contributed by atoms with van der Waals surface area (Å²) in [5, 5.41) is 14.2. The van der Waals surface area contributed by atoms with Gasteiger partial charge in [0.1, 0.15) is 12.3 Å². The van der Waals surface area contributed by atoms with Crippen molar-refractivity contribution in [3.8, 4) is 11.5 Å². The van der Waals surface area contributed by atoms with E-state index in [-0.39, 0.29) is 11.5 Å². The molecule has 0 bridgehead atoms. The van der Waals surface area contributed by atoms with Crippen molar-refractivity contribution >= 4 is 23.2 Å². The third-order valence-electron chi connectivity index (χ3n) is 3.55. The molecular formula is C17H17NO3S. The van der Waals surface area contributed by atoms with Crippen molar-refractivity contribution in [1.29, 1.82) is 0 Å². The molecule has 0 aliphatic carbocycles. The van der Waals surface area contributed by atoms with E-state index in [1.807, 2.05) is 31.6 Å². The van der Waals surface area contributed by atoms with Gasteiger partial charge in [-0.2, -0.15) is 0 Å². The summed E-state index contributed by atoms with van der Waals surface area (Å²) in [6, 6.07) is 5.38. The maximum atomic E-state index is 12.6. The van der Waals surface area contributed by atoms with Gasteiger partial charge in [-0.05, 0) is 23.9 Å². The molecule has 1 aromatic heterocycles. The first-order chi connectivity index (χ1) is 10.5. The number of aryl methyl sites for hydroxylation is 1. The van der Waals surface area contributed by atoms with Crippen LogP contribution in [0, 0.1) is 6.92 Å². The van der Waals surface area contributed by atoms with Gasteiger partial charge in [-0.1, -0.05) is 17.9 Å². The molecule has 114 valence electrons. The predicted molar refractivity (Wildman–Crippen MR) is 84.4 cm³/mol. The highest BCUT2D eigenvalue weighted by Gasteiger charge is 2.32. The first-order valence-electron chi connectivity index (χ1n) is 7.07. The van der Waals surface area contributed by atoms with E-state index >= 15 is 0 Å². The molecule has 0 fully saturated rings. The molecule has 2 heterocycles. The van der Waals surface area contributed by atoms with E-state index in [9.17, 15) is 9.90 Å². The lowest BCUT2D eigenvalue weighted by Gasteiger charge is -2.19. The van der Waals surface area contributed by atoms with E-state index in [0.29, 0.717) is 34.7 Å². The number of thiophene rings is 1. The summed E-state index contributed by atoms with van der Waals surface area (Å²) in [6.45, 7) is 2.31. The smallest absolute Gasteiger partial charge is 0.232 e. The van der Waals surface area contributed by atoms with E-state index < -0.39 is 0 Å². The summed E-state index contributed by atoms with van der Waals surface area (Å²) < 4.78 is 5.79. The van der Waals surface area contributed by atoms with Crippen LogP contribution in [0.25, 0.3) is 6.08 Å². The lowest BCUT2D eigenvalue weighted by atomic mass is 9.99. The molecule has 2 aromatic rings. The van der Waals surface area contributed by atoms with Crippen molar-refractivity contribution in [1.82, 2.24) is 0 Å². The van der Waals surface area contributed by atoms with Crippen LogP contribution in [0.4, 0.5) is 0 Å². The van der Waals surface area contributed by atoms with Gasteiger partial charge in [0, 0.05) is 16.5 Å². The minimum absolute atomic E-state index is 0.0670. The van der Waals surface area contributed by atoms with Crippen LogP contribution >= 0.6 is 11.3 Å². The highest BCUT2D eigenvalue weighted by molar-refractivity contribution is 7.10. The lowest BCUT2D eigenvalue weighted by molar-refractivity contribution is -0.872. The third-order valence-corrected chi connectivity index (χ3v) is 4.37. The number of fused-ring (bicyclic) bond motifs is 1. The number of carbonyl (C=O) groups excluding carboxylic acids is 1. The van der Waals surface area contributed by atoms with Gasteiger partial charge >= 0.3 is 0 Å². The largest absolute Gasteiger partial charge is 0.872 e. The van der Waals surface area contributed by atoms with E-state index in [0.717, 1.165) is 9.78 Å². The molecule has 1 aliphatic rings. The fraction of sp³-hybridized carbons (Fsp3) is 0.235.